The first kappa shape index (κ1) is 24.2. The third-order valence-electron chi connectivity index (χ3n) is 3.95. The highest BCUT2D eigenvalue weighted by atomic mass is 32.2. The Balaban J connectivity index is 2.22. The number of hydrogen-bond donors (Lipinski definition) is 2. The lowest BCUT2D eigenvalue weighted by atomic mass is 10.1. The first-order chi connectivity index (χ1) is 14.6. The largest absolute Gasteiger partial charge is 0.495 e. The van der Waals surface area contributed by atoms with Crippen LogP contribution in [0.25, 0.3) is 0 Å². The zero-order valence-corrected chi connectivity index (χ0v) is 18.9. The van der Waals surface area contributed by atoms with Crippen molar-refractivity contribution in [1.82, 2.24) is 4.72 Å². The van der Waals surface area contributed by atoms with Crippen molar-refractivity contribution in [2.24, 2.45) is 0 Å². The highest BCUT2D eigenvalue weighted by molar-refractivity contribution is 7.89. The molecule has 0 bridgehead atoms. The normalized spacial score (nSPS) is 11.5. The molecule has 1 amide bonds. The second-order valence-corrected chi connectivity index (χ2v) is 9.46. The molecule has 0 unspecified atom stereocenters. The predicted octanol–water partition coefficient (Wildman–Crippen LogP) is 3.71. The van der Waals surface area contributed by atoms with E-state index in [-0.39, 0.29) is 16.2 Å². The molecule has 9 heteroatoms. The number of rotatable bonds is 9. The number of carbonyl (C=O) groups is 1. The van der Waals surface area contributed by atoms with E-state index in [9.17, 15) is 13.2 Å². The van der Waals surface area contributed by atoms with Crippen molar-refractivity contribution in [3.05, 3.63) is 48.0 Å². The summed E-state index contributed by atoms with van der Waals surface area (Å²) in [6.07, 6.45) is 1.02. The van der Waals surface area contributed by atoms with E-state index in [4.69, 9.17) is 14.7 Å². The monoisotopic (exact) mass is 445 g/mol. The van der Waals surface area contributed by atoms with Gasteiger partial charge in [0.25, 0.3) is 5.91 Å². The molecule has 0 aliphatic rings. The molecule has 0 spiro atoms. The summed E-state index contributed by atoms with van der Waals surface area (Å²) in [6, 6.07) is 13.1. The number of sulfonamides is 1. The number of unbranched alkanes of at least 4 members (excludes halogenated alkanes) is 1. The number of nitrogens with zero attached hydrogens (tertiary/aromatic N) is 1. The second-order valence-electron chi connectivity index (χ2n) is 7.81. The maximum Gasteiger partial charge on any atom is 0.255 e. The number of nitriles is 1. The van der Waals surface area contributed by atoms with Gasteiger partial charge in [0, 0.05) is 29.3 Å². The summed E-state index contributed by atoms with van der Waals surface area (Å²) in [7, 11) is -2.54. The van der Waals surface area contributed by atoms with Gasteiger partial charge in [-0.3, -0.25) is 4.79 Å². The Morgan fingerprint density at radius 3 is 2.55 bits per heavy atom. The molecule has 0 aliphatic heterocycles. The molecule has 0 saturated carbocycles. The molecule has 0 heterocycles. The van der Waals surface area contributed by atoms with Gasteiger partial charge in [0.1, 0.15) is 16.4 Å². The number of benzene rings is 2. The van der Waals surface area contributed by atoms with Gasteiger partial charge in [0.2, 0.25) is 10.0 Å². The number of carbonyl (C=O) groups excluding carboxylic acids is 1. The Morgan fingerprint density at radius 1 is 1.16 bits per heavy atom. The van der Waals surface area contributed by atoms with E-state index in [1.54, 1.807) is 45.0 Å². The zero-order chi connectivity index (χ0) is 23.1. The van der Waals surface area contributed by atoms with E-state index in [0.29, 0.717) is 30.9 Å². The van der Waals surface area contributed by atoms with Crippen LogP contribution in [0.15, 0.2) is 47.4 Å². The van der Waals surface area contributed by atoms with E-state index in [0.717, 1.165) is 0 Å². The van der Waals surface area contributed by atoms with Gasteiger partial charge in [-0.25, -0.2) is 13.1 Å². The van der Waals surface area contributed by atoms with Crippen molar-refractivity contribution in [3.63, 3.8) is 0 Å². The molecule has 166 valence electrons. The minimum Gasteiger partial charge on any atom is -0.495 e. The summed E-state index contributed by atoms with van der Waals surface area (Å²) in [5, 5.41) is 11.3. The fraction of sp³-hybridized carbons (Fsp3) is 0.364. The van der Waals surface area contributed by atoms with Crippen molar-refractivity contribution in [2.45, 2.75) is 44.0 Å². The summed E-state index contributed by atoms with van der Waals surface area (Å²) in [4.78, 5) is 12.6. The molecule has 2 aromatic carbocycles. The van der Waals surface area contributed by atoms with Crippen LogP contribution in [0, 0.1) is 11.3 Å². The Bertz CT molecular complexity index is 1070. The molecule has 0 fully saturated rings. The number of ether oxygens (including phenoxy) is 2. The summed E-state index contributed by atoms with van der Waals surface area (Å²) >= 11 is 0. The summed E-state index contributed by atoms with van der Waals surface area (Å²) < 4.78 is 38.9. The van der Waals surface area contributed by atoms with Crippen LogP contribution in [0.2, 0.25) is 0 Å². The Hall–Kier alpha value is -3.09. The van der Waals surface area contributed by atoms with E-state index in [1.165, 1.54) is 25.3 Å². The van der Waals surface area contributed by atoms with Crippen LogP contribution in [0.4, 0.5) is 5.69 Å². The van der Waals surface area contributed by atoms with Crippen molar-refractivity contribution in [2.75, 3.05) is 19.0 Å². The van der Waals surface area contributed by atoms with Gasteiger partial charge in [-0.15, -0.1) is 0 Å². The summed E-state index contributed by atoms with van der Waals surface area (Å²) in [5.74, 6) is 0.223. The third kappa shape index (κ3) is 7.27. The molecule has 8 nitrogen and oxygen atoms in total. The molecule has 0 saturated heterocycles. The number of anilines is 1. The average Bonchev–Trinajstić information content (AvgIpc) is 2.69. The molecule has 2 rings (SSSR count). The van der Waals surface area contributed by atoms with Crippen LogP contribution in [-0.2, 0) is 10.0 Å². The lowest BCUT2D eigenvalue weighted by molar-refractivity contribution is 0.102. The molecule has 31 heavy (non-hydrogen) atoms. The van der Waals surface area contributed by atoms with Crippen LogP contribution in [0.1, 0.15) is 44.0 Å². The SMILES string of the molecule is COc1ccc(C(=O)Nc2cccc(OCCCC#N)c2)cc1S(=O)(=O)NC(C)(C)C. The topological polar surface area (TPSA) is 118 Å². The number of methoxy groups -OCH3 is 1. The smallest absolute Gasteiger partial charge is 0.255 e. The highest BCUT2D eigenvalue weighted by Crippen LogP contribution is 2.27. The molecular formula is C22H27N3O5S. The molecule has 0 atom stereocenters. The van der Waals surface area contributed by atoms with Gasteiger partial charge < -0.3 is 14.8 Å². The summed E-state index contributed by atoms with van der Waals surface area (Å²) in [6.45, 7) is 5.57. The minimum absolute atomic E-state index is 0.118. The van der Waals surface area contributed by atoms with Crippen molar-refractivity contribution in [1.29, 1.82) is 5.26 Å². The quantitative estimate of drug-likeness (QED) is 0.568. The predicted molar refractivity (Wildman–Crippen MR) is 118 cm³/mol. The van der Waals surface area contributed by atoms with E-state index in [2.05, 4.69) is 16.1 Å². The highest BCUT2D eigenvalue weighted by Gasteiger charge is 2.26. The molecular weight excluding hydrogens is 418 g/mol. The van der Waals surface area contributed by atoms with Gasteiger partial charge in [-0.1, -0.05) is 6.07 Å². The number of hydrogen-bond acceptors (Lipinski definition) is 6. The summed E-state index contributed by atoms with van der Waals surface area (Å²) in [5.41, 5.74) is -0.0401. The maximum atomic E-state index is 12.8. The van der Waals surface area contributed by atoms with Gasteiger partial charge >= 0.3 is 0 Å². The lowest BCUT2D eigenvalue weighted by Crippen LogP contribution is -2.40. The first-order valence-corrected chi connectivity index (χ1v) is 11.2. The Labute approximate surface area is 183 Å². The Morgan fingerprint density at radius 2 is 1.90 bits per heavy atom. The fourth-order valence-corrected chi connectivity index (χ4v) is 4.31. The van der Waals surface area contributed by atoms with Crippen LogP contribution in [0.5, 0.6) is 11.5 Å². The minimum atomic E-state index is -3.91. The zero-order valence-electron chi connectivity index (χ0n) is 18.1. The van der Waals surface area contributed by atoms with Crippen LogP contribution < -0.4 is 19.5 Å². The van der Waals surface area contributed by atoms with Crippen molar-refractivity contribution in [3.8, 4) is 17.6 Å². The fourth-order valence-electron chi connectivity index (χ4n) is 2.69. The van der Waals surface area contributed by atoms with Gasteiger partial charge in [-0.05, 0) is 57.5 Å². The van der Waals surface area contributed by atoms with Gasteiger partial charge in [0.05, 0.1) is 19.8 Å². The maximum absolute atomic E-state index is 12.8. The van der Waals surface area contributed by atoms with Gasteiger partial charge in [-0.2, -0.15) is 5.26 Å². The van der Waals surface area contributed by atoms with Gasteiger partial charge in [0.15, 0.2) is 0 Å². The number of nitrogens with one attached hydrogen (secondary N) is 2. The molecule has 2 aromatic rings. The first-order valence-electron chi connectivity index (χ1n) is 9.69. The van der Waals surface area contributed by atoms with Crippen molar-refractivity contribution >= 4 is 21.6 Å². The second kappa shape index (κ2) is 10.3. The number of amides is 1. The van der Waals surface area contributed by atoms with E-state index < -0.39 is 21.5 Å². The molecule has 0 radical (unpaired) electrons. The van der Waals surface area contributed by atoms with E-state index >= 15 is 0 Å². The van der Waals surface area contributed by atoms with Crippen LogP contribution in [-0.4, -0.2) is 33.6 Å². The third-order valence-corrected chi connectivity index (χ3v) is 5.73. The molecule has 0 aliphatic carbocycles. The average molecular weight is 446 g/mol. The lowest BCUT2D eigenvalue weighted by Gasteiger charge is -2.21. The standard InChI is InChI=1S/C22H27N3O5S/c1-22(2,3)25-31(27,28)20-14-16(10-11-19(20)29-4)21(26)24-17-8-7-9-18(15-17)30-13-6-5-12-23/h7-11,14-15,25H,5-6,13H2,1-4H3,(H,24,26). The van der Waals surface area contributed by atoms with Crippen LogP contribution in [0.3, 0.4) is 0 Å². The van der Waals surface area contributed by atoms with Crippen molar-refractivity contribution < 1.29 is 22.7 Å². The van der Waals surface area contributed by atoms with E-state index in [1.807, 2.05) is 0 Å². The van der Waals surface area contributed by atoms with Crippen LogP contribution >= 0.6 is 0 Å². The Kier molecular flexibility index (Phi) is 8.02. The molecule has 2 N–H and O–H groups in total. The molecule has 0 aromatic heterocycles.